The van der Waals surface area contributed by atoms with Crippen molar-refractivity contribution in [3.63, 3.8) is 0 Å². The van der Waals surface area contributed by atoms with Crippen molar-refractivity contribution in [1.29, 1.82) is 0 Å². The van der Waals surface area contributed by atoms with Crippen LogP contribution in [0.1, 0.15) is 5.56 Å². The predicted molar refractivity (Wildman–Crippen MR) is 97.3 cm³/mol. The van der Waals surface area contributed by atoms with E-state index >= 15 is 0 Å². The van der Waals surface area contributed by atoms with Crippen LogP contribution in [-0.4, -0.2) is 27.5 Å². The van der Waals surface area contributed by atoms with Crippen molar-refractivity contribution < 1.29 is 14.2 Å². The summed E-state index contributed by atoms with van der Waals surface area (Å²) in [6.07, 6.45) is 1.79. The highest BCUT2D eigenvalue weighted by molar-refractivity contribution is 5.88. The third kappa shape index (κ3) is 3.18. The van der Waals surface area contributed by atoms with Gasteiger partial charge in [0.15, 0.2) is 11.5 Å². The van der Waals surface area contributed by atoms with Gasteiger partial charge in [-0.25, -0.2) is 0 Å². The van der Waals surface area contributed by atoms with Gasteiger partial charge in [0, 0.05) is 11.8 Å². The molecule has 0 heterocycles. The fourth-order valence-corrected chi connectivity index (χ4v) is 2.58. The van der Waals surface area contributed by atoms with Crippen LogP contribution in [0, 0.1) is 0 Å². The summed E-state index contributed by atoms with van der Waals surface area (Å²) in [5.41, 5.74) is 1.76. The Balaban J connectivity index is 1.95. The molecule has 0 atom stereocenters. The number of hydrogen-bond donors (Lipinski definition) is 0. The third-order valence-electron chi connectivity index (χ3n) is 3.78. The van der Waals surface area contributed by atoms with Gasteiger partial charge in [-0.05, 0) is 35.0 Å². The Kier molecular flexibility index (Phi) is 4.66. The van der Waals surface area contributed by atoms with Crippen LogP contribution in [0.2, 0.25) is 0 Å². The molecule has 0 saturated carbocycles. The average molecular weight is 321 g/mol. The Morgan fingerprint density at radius 3 is 2.04 bits per heavy atom. The molecule has 0 N–H and O–H groups in total. The first kappa shape index (κ1) is 15.9. The van der Waals surface area contributed by atoms with E-state index in [0.29, 0.717) is 17.2 Å². The standard InChI is InChI=1S/C20H19NO3/c1-22-18-10-14(11-19(23-2)20(18)24-3)13-21-17-9-8-15-6-4-5-7-16(15)12-17/h4-13H,1-3H3. The van der Waals surface area contributed by atoms with Crippen LogP contribution in [0.15, 0.2) is 59.6 Å². The van der Waals surface area contributed by atoms with E-state index in [4.69, 9.17) is 14.2 Å². The molecular weight excluding hydrogens is 302 g/mol. The lowest BCUT2D eigenvalue weighted by Gasteiger charge is -2.12. The van der Waals surface area contributed by atoms with Gasteiger partial charge in [0.25, 0.3) is 0 Å². The van der Waals surface area contributed by atoms with Gasteiger partial charge < -0.3 is 14.2 Å². The molecule has 24 heavy (non-hydrogen) atoms. The summed E-state index contributed by atoms with van der Waals surface area (Å²) < 4.78 is 16.1. The van der Waals surface area contributed by atoms with Gasteiger partial charge in [0.2, 0.25) is 5.75 Å². The van der Waals surface area contributed by atoms with Crippen molar-refractivity contribution >= 4 is 22.7 Å². The number of fused-ring (bicyclic) bond motifs is 1. The lowest BCUT2D eigenvalue weighted by Crippen LogP contribution is -1.96. The van der Waals surface area contributed by atoms with E-state index in [0.717, 1.165) is 16.6 Å². The highest BCUT2D eigenvalue weighted by Gasteiger charge is 2.12. The first-order valence-electron chi connectivity index (χ1n) is 7.58. The van der Waals surface area contributed by atoms with E-state index < -0.39 is 0 Å². The molecule has 4 nitrogen and oxygen atoms in total. The average Bonchev–Trinajstić information content (AvgIpc) is 2.65. The minimum absolute atomic E-state index is 0.572. The number of aliphatic imine (C=N–C) groups is 1. The van der Waals surface area contributed by atoms with Gasteiger partial charge in [-0.2, -0.15) is 0 Å². The molecular formula is C20H19NO3. The molecule has 0 radical (unpaired) electrons. The monoisotopic (exact) mass is 321 g/mol. The zero-order chi connectivity index (χ0) is 16.9. The fraction of sp³-hybridized carbons (Fsp3) is 0.150. The molecule has 0 aliphatic heterocycles. The summed E-state index contributed by atoms with van der Waals surface area (Å²) in [7, 11) is 4.78. The number of hydrogen-bond acceptors (Lipinski definition) is 4. The molecule has 0 aromatic heterocycles. The molecule has 122 valence electrons. The highest BCUT2D eigenvalue weighted by atomic mass is 16.5. The molecule has 0 bridgehead atoms. The van der Waals surface area contributed by atoms with Crippen LogP contribution in [0.5, 0.6) is 17.2 Å². The van der Waals surface area contributed by atoms with Gasteiger partial charge in [0.1, 0.15) is 0 Å². The molecule has 0 aliphatic carbocycles. The lowest BCUT2D eigenvalue weighted by atomic mass is 10.1. The van der Waals surface area contributed by atoms with E-state index in [1.807, 2.05) is 30.3 Å². The Bertz CT molecular complexity index is 862. The Morgan fingerprint density at radius 2 is 1.42 bits per heavy atom. The van der Waals surface area contributed by atoms with Gasteiger partial charge in [-0.1, -0.05) is 30.3 Å². The number of nitrogens with zero attached hydrogens (tertiary/aromatic N) is 1. The second-order valence-electron chi connectivity index (χ2n) is 5.25. The van der Waals surface area contributed by atoms with Crippen molar-refractivity contribution in [2.45, 2.75) is 0 Å². The molecule has 0 fully saturated rings. The van der Waals surface area contributed by atoms with Crippen molar-refractivity contribution in [2.24, 2.45) is 4.99 Å². The van der Waals surface area contributed by atoms with Crippen LogP contribution in [0.25, 0.3) is 10.8 Å². The lowest BCUT2D eigenvalue weighted by molar-refractivity contribution is 0.324. The van der Waals surface area contributed by atoms with E-state index in [2.05, 4.69) is 29.3 Å². The quantitative estimate of drug-likeness (QED) is 0.644. The predicted octanol–water partition coefficient (Wildman–Crippen LogP) is 4.62. The normalized spacial score (nSPS) is 11.0. The van der Waals surface area contributed by atoms with Gasteiger partial charge >= 0.3 is 0 Å². The minimum atomic E-state index is 0.572. The molecule has 0 unspecified atom stereocenters. The number of benzene rings is 3. The molecule has 3 rings (SSSR count). The molecule has 0 spiro atoms. The minimum Gasteiger partial charge on any atom is -0.493 e. The summed E-state index contributed by atoms with van der Waals surface area (Å²) in [6, 6.07) is 18.1. The highest BCUT2D eigenvalue weighted by Crippen LogP contribution is 2.37. The van der Waals surface area contributed by atoms with Crippen molar-refractivity contribution in [1.82, 2.24) is 0 Å². The largest absolute Gasteiger partial charge is 0.493 e. The first-order chi connectivity index (χ1) is 11.7. The van der Waals surface area contributed by atoms with Gasteiger partial charge in [-0.3, -0.25) is 4.99 Å². The topological polar surface area (TPSA) is 40.0 Å². The molecule has 0 saturated heterocycles. The maximum Gasteiger partial charge on any atom is 0.203 e. The number of methoxy groups -OCH3 is 3. The van der Waals surface area contributed by atoms with Crippen LogP contribution < -0.4 is 14.2 Å². The Hall–Kier alpha value is -3.01. The molecule has 0 amide bonds. The van der Waals surface area contributed by atoms with Crippen molar-refractivity contribution in [2.75, 3.05) is 21.3 Å². The van der Waals surface area contributed by atoms with E-state index in [1.165, 1.54) is 5.39 Å². The van der Waals surface area contributed by atoms with E-state index in [1.54, 1.807) is 27.5 Å². The van der Waals surface area contributed by atoms with Crippen LogP contribution in [0.3, 0.4) is 0 Å². The van der Waals surface area contributed by atoms with Crippen LogP contribution in [-0.2, 0) is 0 Å². The first-order valence-corrected chi connectivity index (χ1v) is 7.58. The second-order valence-corrected chi connectivity index (χ2v) is 5.25. The summed E-state index contributed by atoms with van der Waals surface area (Å²) in [5, 5.41) is 2.36. The molecule has 4 heteroatoms. The van der Waals surface area contributed by atoms with Gasteiger partial charge in [-0.15, -0.1) is 0 Å². The third-order valence-corrected chi connectivity index (χ3v) is 3.78. The Morgan fingerprint density at radius 1 is 0.750 bits per heavy atom. The SMILES string of the molecule is COc1cc(C=Nc2ccc3ccccc3c2)cc(OC)c1OC. The maximum atomic E-state index is 5.36. The maximum absolute atomic E-state index is 5.36. The summed E-state index contributed by atoms with van der Waals surface area (Å²) in [5.74, 6) is 1.79. The fourth-order valence-electron chi connectivity index (χ4n) is 2.58. The molecule has 3 aromatic carbocycles. The smallest absolute Gasteiger partial charge is 0.203 e. The second kappa shape index (κ2) is 7.04. The summed E-state index contributed by atoms with van der Waals surface area (Å²) >= 11 is 0. The van der Waals surface area contributed by atoms with Crippen LogP contribution in [0.4, 0.5) is 5.69 Å². The van der Waals surface area contributed by atoms with Gasteiger partial charge in [0.05, 0.1) is 27.0 Å². The molecule has 3 aromatic rings. The van der Waals surface area contributed by atoms with E-state index in [9.17, 15) is 0 Å². The van der Waals surface area contributed by atoms with Crippen molar-refractivity contribution in [3.05, 3.63) is 60.2 Å². The van der Waals surface area contributed by atoms with Crippen LogP contribution >= 0.6 is 0 Å². The summed E-state index contributed by atoms with van der Waals surface area (Å²) in [6.45, 7) is 0. The van der Waals surface area contributed by atoms with E-state index in [-0.39, 0.29) is 0 Å². The van der Waals surface area contributed by atoms with Crippen molar-refractivity contribution in [3.8, 4) is 17.2 Å². The Labute approximate surface area is 141 Å². The number of ether oxygens (including phenoxy) is 3. The number of rotatable bonds is 5. The molecule has 0 aliphatic rings. The summed E-state index contributed by atoms with van der Waals surface area (Å²) in [4.78, 5) is 4.56. The zero-order valence-electron chi connectivity index (χ0n) is 13.9. The zero-order valence-corrected chi connectivity index (χ0v) is 13.9.